The summed E-state index contributed by atoms with van der Waals surface area (Å²) >= 11 is 0. The number of nitrogens with zero attached hydrogens (tertiary/aromatic N) is 7. The second-order valence-corrected chi connectivity index (χ2v) is 8.99. The minimum absolute atomic E-state index is 0.539. The van der Waals surface area contributed by atoms with Crippen LogP contribution in [0.2, 0.25) is 0 Å². The van der Waals surface area contributed by atoms with Crippen LogP contribution >= 0.6 is 0 Å². The highest BCUT2D eigenvalue weighted by atomic mass is 15.3. The lowest BCUT2D eigenvalue weighted by atomic mass is 10.1. The van der Waals surface area contributed by atoms with Crippen molar-refractivity contribution in [3.63, 3.8) is 0 Å². The molecule has 0 bridgehead atoms. The van der Waals surface area contributed by atoms with Crippen LogP contribution in [0.15, 0.2) is 55.0 Å². The van der Waals surface area contributed by atoms with E-state index in [1.54, 1.807) is 6.33 Å². The van der Waals surface area contributed by atoms with Crippen LogP contribution in [0, 0.1) is 11.3 Å². The summed E-state index contributed by atoms with van der Waals surface area (Å²) in [6.07, 6.45) is 6.27. The van der Waals surface area contributed by atoms with Gasteiger partial charge in [0.2, 0.25) is 0 Å². The molecule has 0 aliphatic carbocycles. The molecule has 0 radical (unpaired) electrons. The van der Waals surface area contributed by atoms with E-state index in [1.807, 2.05) is 28.8 Å². The van der Waals surface area contributed by atoms with Gasteiger partial charge in [0.15, 0.2) is 5.82 Å². The van der Waals surface area contributed by atoms with Gasteiger partial charge in [0.25, 0.3) is 0 Å². The number of nitrogens with one attached hydrogen (secondary N) is 1. The number of benzene rings is 1. The van der Waals surface area contributed by atoms with Crippen molar-refractivity contribution < 1.29 is 0 Å². The second-order valence-electron chi connectivity index (χ2n) is 8.99. The molecule has 6 heterocycles. The molecule has 1 unspecified atom stereocenters. The molecule has 3 aromatic heterocycles. The van der Waals surface area contributed by atoms with Crippen LogP contribution in [0.3, 0.4) is 0 Å². The van der Waals surface area contributed by atoms with Gasteiger partial charge in [0.1, 0.15) is 12.1 Å². The van der Waals surface area contributed by atoms with E-state index in [1.165, 1.54) is 12.8 Å². The summed E-state index contributed by atoms with van der Waals surface area (Å²) in [7, 11) is 0. The average molecular weight is 435 g/mol. The number of hydrogen-bond donors (Lipinski definition) is 1. The first-order valence-corrected chi connectivity index (χ1v) is 11.4. The molecule has 162 valence electrons. The molecule has 2 atom stereocenters. The number of rotatable bonds is 2. The van der Waals surface area contributed by atoms with Crippen LogP contribution in [0.4, 0.5) is 5.82 Å². The van der Waals surface area contributed by atoms with Crippen molar-refractivity contribution in [3.05, 3.63) is 66.2 Å². The van der Waals surface area contributed by atoms with E-state index in [0.717, 1.165) is 52.9 Å². The lowest BCUT2D eigenvalue weighted by molar-refractivity contribution is 0.599. The maximum atomic E-state index is 9.11. The summed E-state index contributed by atoms with van der Waals surface area (Å²) in [5.41, 5.74) is 5.87. The fourth-order valence-electron chi connectivity index (χ4n) is 5.60. The van der Waals surface area contributed by atoms with Crippen LogP contribution < -0.4 is 10.2 Å². The topological polar surface area (TPSA) is 87.6 Å². The van der Waals surface area contributed by atoms with Gasteiger partial charge >= 0.3 is 0 Å². The number of nitriles is 1. The van der Waals surface area contributed by atoms with Crippen molar-refractivity contribution in [3.8, 4) is 34.4 Å². The highest BCUT2D eigenvalue weighted by molar-refractivity contribution is 5.71. The maximum absolute atomic E-state index is 9.11. The standard InChI is InChI=1S/C25H22N8/c26-12-16-1-3-17(4-2-16)18-11-23-25-30-28-15-33(25)21-5-6-24(29-20(21)14-31(23)13-18)32-10-8-19-22(32)7-9-27-19/h1-6,11,13,15,19,22,27H,7-10,14H2/t19-,22?/m1/s1. The molecule has 1 N–H and O–H groups in total. The van der Waals surface area contributed by atoms with Crippen molar-refractivity contribution in [2.45, 2.75) is 31.5 Å². The normalized spacial score (nSPS) is 20.5. The van der Waals surface area contributed by atoms with Crippen molar-refractivity contribution in [2.24, 2.45) is 0 Å². The minimum Gasteiger partial charge on any atom is -0.352 e. The van der Waals surface area contributed by atoms with Crippen LogP contribution in [-0.2, 0) is 6.54 Å². The van der Waals surface area contributed by atoms with Crippen molar-refractivity contribution >= 4 is 5.82 Å². The number of anilines is 1. The average Bonchev–Trinajstić information content (AvgIpc) is 3.62. The fourth-order valence-corrected chi connectivity index (χ4v) is 5.60. The molecule has 0 amide bonds. The molecule has 7 rings (SSSR count). The Kier molecular flexibility index (Phi) is 3.96. The second kappa shape index (κ2) is 7.02. The van der Waals surface area contributed by atoms with Crippen molar-refractivity contribution in [1.82, 2.24) is 29.6 Å². The predicted molar refractivity (Wildman–Crippen MR) is 124 cm³/mol. The molecule has 2 fully saturated rings. The van der Waals surface area contributed by atoms with Gasteiger partial charge in [-0.1, -0.05) is 12.1 Å². The predicted octanol–water partition coefficient (Wildman–Crippen LogP) is 2.97. The summed E-state index contributed by atoms with van der Waals surface area (Å²) in [4.78, 5) is 7.64. The molecule has 0 saturated carbocycles. The molecule has 33 heavy (non-hydrogen) atoms. The number of fused-ring (bicyclic) bond motifs is 6. The third-order valence-electron chi connectivity index (χ3n) is 7.22. The first-order valence-electron chi connectivity index (χ1n) is 11.4. The third-order valence-corrected chi connectivity index (χ3v) is 7.22. The Hall–Kier alpha value is -3.96. The maximum Gasteiger partial charge on any atom is 0.185 e. The molecule has 2 saturated heterocycles. The van der Waals surface area contributed by atoms with Gasteiger partial charge < -0.3 is 14.8 Å². The largest absolute Gasteiger partial charge is 0.352 e. The first kappa shape index (κ1) is 18.6. The number of hydrogen-bond acceptors (Lipinski definition) is 6. The van der Waals surface area contributed by atoms with Gasteiger partial charge in [0.05, 0.1) is 35.3 Å². The van der Waals surface area contributed by atoms with E-state index in [2.05, 4.69) is 55.4 Å². The van der Waals surface area contributed by atoms with Gasteiger partial charge in [-0.25, -0.2) is 4.98 Å². The zero-order chi connectivity index (χ0) is 21.9. The summed E-state index contributed by atoms with van der Waals surface area (Å²) in [6.45, 7) is 2.80. The Labute approximate surface area is 191 Å². The van der Waals surface area contributed by atoms with Gasteiger partial charge in [0, 0.05) is 30.4 Å². The smallest absolute Gasteiger partial charge is 0.185 e. The van der Waals surface area contributed by atoms with E-state index in [4.69, 9.17) is 10.2 Å². The highest BCUT2D eigenvalue weighted by Crippen LogP contribution is 2.35. The quantitative estimate of drug-likeness (QED) is 0.460. The Morgan fingerprint density at radius 2 is 1.97 bits per heavy atom. The van der Waals surface area contributed by atoms with E-state index < -0.39 is 0 Å². The number of aromatic nitrogens is 5. The third kappa shape index (κ3) is 2.82. The van der Waals surface area contributed by atoms with Crippen LogP contribution in [-0.4, -0.2) is 49.5 Å². The van der Waals surface area contributed by atoms with Gasteiger partial charge in [-0.2, -0.15) is 5.26 Å². The molecule has 8 heteroatoms. The Balaban J connectivity index is 1.31. The van der Waals surface area contributed by atoms with E-state index in [9.17, 15) is 0 Å². The Morgan fingerprint density at radius 3 is 2.85 bits per heavy atom. The molecule has 0 spiro atoms. The van der Waals surface area contributed by atoms with E-state index in [-0.39, 0.29) is 0 Å². The number of pyridine rings is 1. The van der Waals surface area contributed by atoms with Gasteiger partial charge in [-0.15, -0.1) is 10.2 Å². The van der Waals surface area contributed by atoms with Crippen LogP contribution in [0.1, 0.15) is 24.1 Å². The minimum atomic E-state index is 0.539. The molecular weight excluding hydrogens is 412 g/mol. The first-order chi connectivity index (χ1) is 16.3. The molecule has 3 aliphatic rings. The highest BCUT2D eigenvalue weighted by Gasteiger charge is 2.38. The van der Waals surface area contributed by atoms with E-state index >= 15 is 0 Å². The summed E-state index contributed by atoms with van der Waals surface area (Å²) in [6, 6.07) is 17.4. The van der Waals surface area contributed by atoms with Crippen LogP contribution in [0.25, 0.3) is 28.3 Å². The Bertz CT molecular complexity index is 1410. The SMILES string of the molecule is N#Cc1ccc(-c2cc3n(c2)Cc2nc(N4CC[C@H]5NCCC54)ccc2-n2cnnc2-3)cc1. The van der Waals surface area contributed by atoms with Crippen molar-refractivity contribution in [1.29, 1.82) is 5.26 Å². The van der Waals surface area contributed by atoms with E-state index in [0.29, 0.717) is 24.2 Å². The van der Waals surface area contributed by atoms with Crippen LogP contribution in [0.5, 0.6) is 0 Å². The molecular formula is C25H22N8. The zero-order valence-corrected chi connectivity index (χ0v) is 18.0. The van der Waals surface area contributed by atoms with Gasteiger partial charge in [-0.05, 0) is 55.3 Å². The Morgan fingerprint density at radius 1 is 1.06 bits per heavy atom. The lowest BCUT2D eigenvalue weighted by Crippen LogP contribution is -2.34. The summed E-state index contributed by atoms with van der Waals surface area (Å²) in [5, 5.41) is 21.4. The lowest BCUT2D eigenvalue weighted by Gasteiger charge is -2.25. The fraction of sp³-hybridized carbons (Fsp3) is 0.280. The monoisotopic (exact) mass is 434 g/mol. The molecule has 4 aromatic rings. The zero-order valence-electron chi connectivity index (χ0n) is 18.0. The molecule has 1 aromatic carbocycles. The molecule has 8 nitrogen and oxygen atoms in total. The van der Waals surface area contributed by atoms with Gasteiger partial charge in [-0.3, -0.25) is 4.57 Å². The summed E-state index contributed by atoms with van der Waals surface area (Å²) < 4.78 is 4.25. The summed E-state index contributed by atoms with van der Waals surface area (Å²) in [5.74, 6) is 1.87. The molecule has 3 aliphatic heterocycles. The van der Waals surface area contributed by atoms with Crippen molar-refractivity contribution in [2.75, 3.05) is 18.0 Å².